The Morgan fingerprint density at radius 3 is 3.00 bits per heavy atom. The van der Waals surface area contributed by atoms with Crippen LogP contribution in [0.2, 0.25) is 0 Å². The standard InChI is InChI=1S/C10H10N4O3/c1-13-6-11-10(12-13)7-4-3-5-8(14(15)16)9(7)17-2/h3-6H,1-2H3/i2D3. The zero-order valence-electron chi connectivity index (χ0n) is 11.8. The molecule has 2 rings (SSSR count). The molecule has 0 radical (unpaired) electrons. The summed E-state index contributed by atoms with van der Waals surface area (Å²) in [6.07, 6.45) is 1.40. The zero-order valence-corrected chi connectivity index (χ0v) is 8.82. The number of para-hydroxylation sites is 1. The third-order valence-electron chi connectivity index (χ3n) is 2.13. The Hall–Kier alpha value is -2.44. The molecule has 0 aliphatic rings. The summed E-state index contributed by atoms with van der Waals surface area (Å²) in [7, 11) is -1.19. The van der Waals surface area contributed by atoms with E-state index in [-0.39, 0.29) is 17.1 Å². The lowest BCUT2D eigenvalue weighted by Crippen LogP contribution is -1.97. The van der Waals surface area contributed by atoms with E-state index in [0.717, 1.165) is 6.07 Å². The number of nitro benzene ring substituents is 1. The number of aromatic nitrogens is 3. The van der Waals surface area contributed by atoms with Crippen molar-refractivity contribution in [1.29, 1.82) is 0 Å². The van der Waals surface area contributed by atoms with E-state index >= 15 is 0 Å². The first kappa shape index (κ1) is 7.77. The third kappa shape index (κ3) is 1.94. The first-order valence-electron chi connectivity index (χ1n) is 6.10. The Morgan fingerprint density at radius 1 is 1.59 bits per heavy atom. The van der Waals surface area contributed by atoms with Crippen molar-refractivity contribution in [3.8, 4) is 17.1 Å². The second-order valence-corrected chi connectivity index (χ2v) is 3.25. The Balaban J connectivity index is 2.61. The third-order valence-corrected chi connectivity index (χ3v) is 2.13. The quantitative estimate of drug-likeness (QED) is 0.595. The second-order valence-electron chi connectivity index (χ2n) is 3.25. The summed E-state index contributed by atoms with van der Waals surface area (Å²) < 4.78 is 27.5. The molecule has 0 saturated carbocycles. The van der Waals surface area contributed by atoms with Gasteiger partial charge in [0.15, 0.2) is 5.82 Å². The average Bonchev–Trinajstić information content (AvgIpc) is 2.73. The van der Waals surface area contributed by atoms with Crippen molar-refractivity contribution in [1.82, 2.24) is 14.8 Å². The molecule has 0 aliphatic carbocycles. The molecule has 0 aliphatic heterocycles. The highest BCUT2D eigenvalue weighted by atomic mass is 16.6. The summed E-state index contributed by atoms with van der Waals surface area (Å²) in [5.74, 6) is -0.223. The number of rotatable bonds is 3. The van der Waals surface area contributed by atoms with Crippen LogP contribution in [-0.4, -0.2) is 26.7 Å². The molecule has 2 aromatic rings. The summed E-state index contributed by atoms with van der Waals surface area (Å²) in [6, 6.07) is 4.03. The van der Waals surface area contributed by atoms with E-state index in [1.165, 1.54) is 23.1 Å². The molecule has 7 heteroatoms. The van der Waals surface area contributed by atoms with Crippen molar-refractivity contribution in [3.05, 3.63) is 34.6 Å². The molecule has 0 atom stereocenters. The highest BCUT2D eigenvalue weighted by Crippen LogP contribution is 2.35. The lowest BCUT2D eigenvalue weighted by atomic mass is 10.1. The van der Waals surface area contributed by atoms with Gasteiger partial charge >= 0.3 is 5.69 Å². The number of methoxy groups -OCH3 is 1. The van der Waals surface area contributed by atoms with Gasteiger partial charge in [-0.2, -0.15) is 5.10 Å². The monoisotopic (exact) mass is 237 g/mol. The summed E-state index contributed by atoms with van der Waals surface area (Å²) >= 11 is 0. The molecule has 0 fully saturated rings. The van der Waals surface area contributed by atoms with Gasteiger partial charge in [-0.25, -0.2) is 4.98 Å². The predicted octanol–water partition coefficient (Wildman–Crippen LogP) is 1.40. The van der Waals surface area contributed by atoms with Gasteiger partial charge in [-0.1, -0.05) is 6.07 Å². The van der Waals surface area contributed by atoms with E-state index in [1.54, 1.807) is 7.05 Å². The van der Waals surface area contributed by atoms with Crippen LogP contribution in [0.5, 0.6) is 5.75 Å². The van der Waals surface area contributed by atoms with Crippen LogP contribution in [-0.2, 0) is 7.05 Å². The molecule has 7 nitrogen and oxygen atoms in total. The van der Waals surface area contributed by atoms with E-state index < -0.39 is 17.6 Å². The van der Waals surface area contributed by atoms with E-state index in [0.29, 0.717) is 0 Å². The molecule has 0 saturated heterocycles. The van der Waals surface area contributed by atoms with Crippen molar-refractivity contribution < 1.29 is 13.8 Å². The average molecular weight is 237 g/mol. The van der Waals surface area contributed by atoms with Gasteiger partial charge < -0.3 is 4.74 Å². The molecule has 1 heterocycles. The lowest BCUT2D eigenvalue weighted by molar-refractivity contribution is -0.385. The molecule has 0 spiro atoms. The van der Waals surface area contributed by atoms with E-state index in [9.17, 15) is 10.1 Å². The van der Waals surface area contributed by atoms with Gasteiger partial charge in [0.1, 0.15) is 6.33 Å². The van der Waals surface area contributed by atoms with Gasteiger partial charge in [0, 0.05) is 13.1 Å². The van der Waals surface area contributed by atoms with Crippen LogP contribution in [0.3, 0.4) is 0 Å². The van der Waals surface area contributed by atoms with Gasteiger partial charge in [0.2, 0.25) is 5.75 Å². The van der Waals surface area contributed by atoms with Crippen LogP contribution < -0.4 is 4.74 Å². The van der Waals surface area contributed by atoms with E-state index in [2.05, 4.69) is 10.1 Å². The molecule has 0 amide bonds. The van der Waals surface area contributed by atoms with Gasteiger partial charge in [-0.3, -0.25) is 14.8 Å². The lowest BCUT2D eigenvalue weighted by Gasteiger charge is -2.05. The SMILES string of the molecule is [2H]C([2H])([2H])Oc1c(-c2ncn(C)n2)cccc1[N+](=O)[O-]. The molecule has 88 valence electrons. The van der Waals surface area contributed by atoms with Crippen molar-refractivity contribution in [2.75, 3.05) is 7.04 Å². The minimum absolute atomic E-state index is 0.149. The Bertz CT molecular complexity index is 653. The van der Waals surface area contributed by atoms with Crippen LogP contribution in [0.1, 0.15) is 4.11 Å². The Labute approximate surface area is 101 Å². The fraction of sp³-hybridized carbons (Fsp3) is 0.200. The fourth-order valence-corrected chi connectivity index (χ4v) is 1.41. The largest absolute Gasteiger partial charge is 0.490 e. The van der Waals surface area contributed by atoms with Gasteiger partial charge in [0.25, 0.3) is 0 Å². The Kier molecular flexibility index (Phi) is 1.92. The van der Waals surface area contributed by atoms with Crippen molar-refractivity contribution >= 4 is 5.69 Å². The molecule has 1 aromatic carbocycles. The normalized spacial score (nSPS) is 13.6. The number of aryl methyl sites for hydroxylation is 1. The van der Waals surface area contributed by atoms with E-state index in [1.807, 2.05) is 0 Å². The fourth-order valence-electron chi connectivity index (χ4n) is 1.41. The van der Waals surface area contributed by atoms with Crippen molar-refractivity contribution in [2.24, 2.45) is 7.05 Å². The maximum absolute atomic E-state index is 11.0. The molecule has 0 bridgehead atoms. The summed E-state index contributed by atoms with van der Waals surface area (Å²) in [6.45, 7) is 0. The summed E-state index contributed by atoms with van der Waals surface area (Å²) in [5.41, 5.74) is -0.304. The van der Waals surface area contributed by atoms with Gasteiger partial charge in [-0.05, 0) is 6.07 Å². The highest BCUT2D eigenvalue weighted by molar-refractivity contribution is 5.70. The zero-order chi connectivity index (χ0) is 14.9. The first-order valence-corrected chi connectivity index (χ1v) is 4.60. The summed E-state index contributed by atoms with van der Waals surface area (Å²) in [4.78, 5) is 14.2. The van der Waals surface area contributed by atoms with Crippen LogP contribution in [0.25, 0.3) is 11.4 Å². The minimum atomic E-state index is -2.81. The Morgan fingerprint density at radius 2 is 2.41 bits per heavy atom. The molecular weight excluding hydrogens is 224 g/mol. The second kappa shape index (κ2) is 4.20. The number of benzene rings is 1. The van der Waals surface area contributed by atoms with E-state index in [4.69, 9.17) is 8.85 Å². The molecular formula is C10H10N4O3. The predicted molar refractivity (Wildman–Crippen MR) is 59.6 cm³/mol. The first-order chi connectivity index (χ1) is 9.28. The summed E-state index contributed by atoms with van der Waals surface area (Å²) in [5, 5.41) is 15.0. The number of hydrogen-bond acceptors (Lipinski definition) is 5. The van der Waals surface area contributed by atoms with Crippen molar-refractivity contribution in [3.63, 3.8) is 0 Å². The number of nitro groups is 1. The maximum Gasteiger partial charge on any atom is 0.311 e. The van der Waals surface area contributed by atoms with Crippen LogP contribution >= 0.6 is 0 Å². The molecule has 0 N–H and O–H groups in total. The van der Waals surface area contributed by atoms with Crippen LogP contribution in [0, 0.1) is 10.1 Å². The molecule has 0 unspecified atom stereocenters. The number of hydrogen-bond donors (Lipinski definition) is 0. The molecule has 1 aromatic heterocycles. The smallest absolute Gasteiger partial charge is 0.311 e. The van der Waals surface area contributed by atoms with Crippen molar-refractivity contribution in [2.45, 2.75) is 0 Å². The van der Waals surface area contributed by atoms with Gasteiger partial charge in [-0.15, -0.1) is 0 Å². The highest BCUT2D eigenvalue weighted by Gasteiger charge is 2.20. The van der Waals surface area contributed by atoms with Crippen LogP contribution in [0.4, 0.5) is 5.69 Å². The maximum atomic E-state index is 11.0. The number of ether oxygens (including phenoxy) is 1. The van der Waals surface area contributed by atoms with Crippen LogP contribution in [0.15, 0.2) is 24.5 Å². The topological polar surface area (TPSA) is 83.1 Å². The minimum Gasteiger partial charge on any atom is -0.490 e. The number of nitrogens with zero attached hydrogens (tertiary/aromatic N) is 4. The molecule has 17 heavy (non-hydrogen) atoms. The van der Waals surface area contributed by atoms with Gasteiger partial charge in [0.05, 0.1) is 21.6 Å².